The Hall–Kier alpha value is -0.360. The molecule has 2 N–H and O–H groups in total. The summed E-state index contributed by atoms with van der Waals surface area (Å²) in [7, 11) is -2.87. The third kappa shape index (κ3) is 4.25. The SMILES string of the molecule is CCCCNC(=S)NC1(C)CCS(=O)(=O)C1. The van der Waals surface area contributed by atoms with E-state index >= 15 is 0 Å². The van der Waals surface area contributed by atoms with E-state index in [-0.39, 0.29) is 11.5 Å². The molecule has 0 bridgehead atoms. The average molecular weight is 264 g/mol. The van der Waals surface area contributed by atoms with Gasteiger partial charge in [-0.3, -0.25) is 0 Å². The summed E-state index contributed by atoms with van der Waals surface area (Å²) in [5.74, 6) is 0.434. The maximum atomic E-state index is 11.4. The van der Waals surface area contributed by atoms with Crippen LogP contribution in [0.2, 0.25) is 0 Å². The van der Waals surface area contributed by atoms with E-state index in [9.17, 15) is 8.42 Å². The van der Waals surface area contributed by atoms with Gasteiger partial charge in [0, 0.05) is 6.54 Å². The fraction of sp³-hybridized carbons (Fsp3) is 0.900. The van der Waals surface area contributed by atoms with Crippen molar-refractivity contribution in [3.8, 4) is 0 Å². The molecular formula is C10H20N2O2S2. The van der Waals surface area contributed by atoms with Gasteiger partial charge in [-0.1, -0.05) is 13.3 Å². The molecule has 1 aliphatic rings. The third-order valence-electron chi connectivity index (χ3n) is 2.73. The highest BCUT2D eigenvalue weighted by Gasteiger charge is 2.38. The maximum Gasteiger partial charge on any atom is 0.166 e. The first kappa shape index (κ1) is 13.7. The van der Waals surface area contributed by atoms with Gasteiger partial charge in [0.25, 0.3) is 0 Å². The number of rotatable bonds is 4. The van der Waals surface area contributed by atoms with E-state index in [4.69, 9.17) is 12.2 Å². The highest BCUT2D eigenvalue weighted by Crippen LogP contribution is 2.22. The van der Waals surface area contributed by atoms with Crippen molar-refractivity contribution < 1.29 is 8.42 Å². The molecule has 0 amide bonds. The monoisotopic (exact) mass is 264 g/mol. The van der Waals surface area contributed by atoms with E-state index in [0.717, 1.165) is 19.4 Å². The molecule has 1 saturated heterocycles. The number of hydrogen-bond donors (Lipinski definition) is 2. The van der Waals surface area contributed by atoms with Crippen molar-refractivity contribution >= 4 is 27.2 Å². The molecule has 1 unspecified atom stereocenters. The van der Waals surface area contributed by atoms with Crippen LogP contribution >= 0.6 is 12.2 Å². The summed E-state index contributed by atoms with van der Waals surface area (Å²) in [5, 5.41) is 6.76. The van der Waals surface area contributed by atoms with E-state index in [1.54, 1.807) is 0 Å². The molecule has 0 aromatic rings. The Bertz CT molecular complexity index is 354. The number of thiocarbonyl (C=S) groups is 1. The third-order valence-corrected chi connectivity index (χ3v) is 4.88. The van der Waals surface area contributed by atoms with Crippen LogP contribution in [-0.4, -0.2) is 37.1 Å². The zero-order valence-corrected chi connectivity index (χ0v) is 11.5. The molecular weight excluding hydrogens is 244 g/mol. The second-order valence-corrected chi connectivity index (χ2v) is 7.23. The summed E-state index contributed by atoms with van der Waals surface area (Å²) < 4.78 is 22.8. The van der Waals surface area contributed by atoms with Crippen molar-refractivity contribution in [1.29, 1.82) is 0 Å². The van der Waals surface area contributed by atoms with Crippen molar-refractivity contribution in [3.05, 3.63) is 0 Å². The van der Waals surface area contributed by atoms with Crippen LogP contribution < -0.4 is 10.6 Å². The second-order valence-electron chi connectivity index (χ2n) is 4.64. The molecule has 1 heterocycles. The van der Waals surface area contributed by atoms with Gasteiger partial charge in [-0.05, 0) is 32.0 Å². The van der Waals surface area contributed by atoms with Crippen LogP contribution in [0.15, 0.2) is 0 Å². The number of unbranched alkanes of at least 4 members (excludes halogenated alkanes) is 1. The fourth-order valence-corrected chi connectivity index (χ4v) is 4.25. The Morgan fingerprint density at radius 3 is 2.69 bits per heavy atom. The predicted molar refractivity (Wildman–Crippen MR) is 70.3 cm³/mol. The van der Waals surface area contributed by atoms with Crippen LogP contribution in [0.4, 0.5) is 0 Å². The molecule has 6 heteroatoms. The molecule has 1 fully saturated rings. The van der Waals surface area contributed by atoms with Crippen LogP contribution in [0.25, 0.3) is 0 Å². The lowest BCUT2D eigenvalue weighted by Gasteiger charge is -2.25. The number of nitrogens with one attached hydrogen (secondary N) is 2. The quantitative estimate of drug-likeness (QED) is 0.582. The zero-order valence-electron chi connectivity index (χ0n) is 9.88. The van der Waals surface area contributed by atoms with Crippen LogP contribution in [0.1, 0.15) is 33.1 Å². The molecule has 1 aliphatic heterocycles. The molecule has 0 aliphatic carbocycles. The molecule has 4 nitrogen and oxygen atoms in total. The lowest BCUT2D eigenvalue weighted by Crippen LogP contribution is -2.51. The second kappa shape index (κ2) is 5.31. The van der Waals surface area contributed by atoms with Crippen LogP contribution in [-0.2, 0) is 9.84 Å². The predicted octanol–water partition coefficient (Wildman–Crippen LogP) is 0.828. The highest BCUT2D eigenvalue weighted by atomic mass is 32.2. The first-order valence-corrected chi connectivity index (χ1v) is 7.86. The summed E-state index contributed by atoms with van der Waals surface area (Å²) in [6.07, 6.45) is 2.81. The molecule has 1 atom stereocenters. The van der Waals surface area contributed by atoms with Gasteiger partial charge in [-0.2, -0.15) is 0 Å². The van der Waals surface area contributed by atoms with Gasteiger partial charge >= 0.3 is 0 Å². The lowest BCUT2D eigenvalue weighted by atomic mass is 10.0. The molecule has 0 saturated carbocycles. The summed E-state index contributed by atoms with van der Waals surface area (Å²) in [6.45, 7) is 4.86. The smallest absolute Gasteiger partial charge is 0.166 e. The normalized spacial score (nSPS) is 27.6. The topological polar surface area (TPSA) is 58.2 Å². The minimum Gasteiger partial charge on any atom is -0.363 e. The van der Waals surface area contributed by atoms with Crippen molar-refractivity contribution in [1.82, 2.24) is 10.6 Å². The van der Waals surface area contributed by atoms with Gasteiger partial charge < -0.3 is 10.6 Å². The van der Waals surface area contributed by atoms with Crippen molar-refractivity contribution in [2.24, 2.45) is 0 Å². The van der Waals surface area contributed by atoms with E-state index < -0.39 is 15.4 Å². The van der Waals surface area contributed by atoms with E-state index in [1.165, 1.54) is 0 Å². The van der Waals surface area contributed by atoms with E-state index in [0.29, 0.717) is 11.5 Å². The molecule has 16 heavy (non-hydrogen) atoms. The van der Waals surface area contributed by atoms with Crippen LogP contribution in [0, 0.1) is 0 Å². The first-order chi connectivity index (χ1) is 7.37. The molecule has 0 aromatic carbocycles. The number of sulfone groups is 1. The van der Waals surface area contributed by atoms with Crippen molar-refractivity contribution in [2.75, 3.05) is 18.1 Å². The Labute approximate surface area is 103 Å². The Kier molecular flexibility index (Phi) is 4.55. The van der Waals surface area contributed by atoms with Crippen LogP contribution in [0.5, 0.6) is 0 Å². The van der Waals surface area contributed by atoms with Crippen molar-refractivity contribution in [2.45, 2.75) is 38.6 Å². The molecule has 0 aromatic heterocycles. The zero-order chi connectivity index (χ0) is 12.2. The lowest BCUT2D eigenvalue weighted by molar-refractivity contribution is 0.467. The summed E-state index contributed by atoms with van der Waals surface area (Å²) in [5.41, 5.74) is -0.394. The Morgan fingerprint density at radius 1 is 1.50 bits per heavy atom. The van der Waals surface area contributed by atoms with Crippen molar-refractivity contribution in [3.63, 3.8) is 0 Å². The minimum absolute atomic E-state index is 0.176. The Morgan fingerprint density at radius 2 is 2.19 bits per heavy atom. The van der Waals surface area contributed by atoms with E-state index in [1.807, 2.05) is 6.92 Å². The van der Waals surface area contributed by atoms with Crippen LogP contribution in [0.3, 0.4) is 0 Å². The summed E-state index contributed by atoms with van der Waals surface area (Å²) in [6, 6.07) is 0. The highest BCUT2D eigenvalue weighted by molar-refractivity contribution is 7.91. The molecule has 94 valence electrons. The van der Waals surface area contributed by atoms with Gasteiger partial charge in [-0.15, -0.1) is 0 Å². The van der Waals surface area contributed by atoms with E-state index in [2.05, 4.69) is 17.6 Å². The minimum atomic E-state index is -2.87. The van der Waals surface area contributed by atoms with Gasteiger partial charge in [0.1, 0.15) is 0 Å². The summed E-state index contributed by atoms with van der Waals surface area (Å²) >= 11 is 5.13. The van der Waals surface area contributed by atoms with Gasteiger partial charge in [0.2, 0.25) is 0 Å². The maximum absolute atomic E-state index is 11.4. The average Bonchev–Trinajstić information content (AvgIpc) is 2.40. The summed E-state index contributed by atoms with van der Waals surface area (Å²) in [4.78, 5) is 0. The largest absolute Gasteiger partial charge is 0.363 e. The fourth-order valence-electron chi connectivity index (χ4n) is 1.81. The molecule has 0 radical (unpaired) electrons. The van der Waals surface area contributed by atoms with Gasteiger partial charge in [-0.25, -0.2) is 8.42 Å². The Balaban J connectivity index is 2.39. The van der Waals surface area contributed by atoms with Gasteiger partial charge in [0.15, 0.2) is 14.9 Å². The molecule has 1 rings (SSSR count). The number of hydrogen-bond acceptors (Lipinski definition) is 3. The molecule has 0 spiro atoms. The first-order valence-electron chi connectivity index (χ1n) is 5.63. The standard InChI is InChI=1S/C10H20N2O2S2/c1-3-4-6-11-9(15)12-10(2)5-7-16(13,14)8-10/h3-8H2,1-2H3,(H2,11,12,15). The van der Waals surface area contributed by atoms with Gasteiger partial charge in [0.05, 0.1) is 17.0 Å².